The number of halogens is 3. The van der Waals surface area contributed by atoms with Crippen LogP contribution in [-0.2, 0) is 9.53 Å². The van der Waals surface area contributed by atoms with Gasteiger partial charge in [0.05, 0.1) is 19.1 Å². The highest BCUT2D eigenvalue weighted by atomic mass is 19.4. The summed E-state index contributed by atoms with van der Waals surface area (Å²) in [6.07, 6.45) is -1.48. The summed E-state index contributed by atoms with van der Waals surface area (Å²) >= 11 is 0. The minimum absolute atomic E-state index is 0.0349. The van der Waals surface area contributed by atoms with Gasteiger partial charge in [-0.3, -0.25) is 9.69 Å². The van der Waals surface area contributed by atoms with Crippen molar-refractivity contribution in [3.8, 4) is 0 Å². The number of nitrogens with zero attached hydrogens (tertiary/aromatic N) is 2. The molecule has 27 heavy (non-hydrogen) atoms. The maximum atomic E-state index is 12.7. The summed E-state index contributed by atoms with van der Waals surface area (Å²) < 4.78 is 43.7. The molecule has 2 heterocycles. The molecule has 3 fully saturated rings. The number of piperidine rings is 1. The minimum atomic E-state index is -4.35. The average Bonchev–Trinajstić information content (AvgIpc) is 3.05. The fraction of sp³-hybridized carbons (Fsp3) is 0.947. The monoisotopic (exact) mass is 392 g/mol. The van der Waals surface area contributed by atoms with Gasteiger partial charge in [0.2, 0.25) is 5.91 Å². The first-order valence-corrected chi connectivity index (χ1v) is 10.0. The lowest BCUT2D eigenvalue weighted by molar-refractivity contribution is -0.245. The molecule has 3 rings (SSSR count). The molecule has 1 saturated carbocycles. The Morgan fingerprint density at radius 2 is 1.93 bits per heavy atom. The number of carbonyl (C=O) groups excluding carboxylic acids is 1. The summed E-state index contributed by atoms with van der Waals surface area (Å²) in [7, 11) is 0. The number of morpholine rings is 1. The lowest BCUT2D eigenvalue weighted by Gasteiger charge is -2.58. The average molecular weight is 392 g/mol. The second kappa shape index (κ2) is 7.52. The van der Waals surface area contributed by atoms with Crippen LogP contribution in [0.4, 0.5) is 13.2 Å². The topological polar surface area (TPSA) is 53.0 Å². The molecular formula is C19H31F3N2O3. The first-order valence-electron chi connectivity index (χ1n) is 10.0. The molecule has 0 aromatic heterocycles. The molecule has 156 valence electrons. The van der Waals surface area contributed by atoms with Gasteiger partial charge in [-0.1, -0.05) is 19.8 Å². The molecule has 5 nitrogen and oxygen atoms in total. The highest BCUT2D eigenvalue weighted by molar-refractivity contribution is 5.78. The quantitative estimate of drug-likeness (QED) is 0.803. The number of likely N-dealkylation sites (tertiary alicyclic amines) is 1. The van der Waals surface area contributed by atoms with E-state index in [0.717, 1.165) is 25.7 Å². The molecular weight excluding hydrogens is 361 g/mol. The van der Waals surface area contributed by atoms with E-state index in [1.54, 1.807) is 4.90 Å². The molecule has 2 saturated heterocycles. The summed E-state index contributed by atoms with van der Waals surface area (Å²) in [6, 6.07) is 0. The molecule has 3 aliphatic rings. The van der Waals surface area contributed by atoms with Crippen LogP contribution in [0.25, 0.3) is 0 Å². The van der Waals surface area contributed by atoms with Crippen LogP contribution in [0.1, 0.15) is 52.4 Å². The number of rotatable bonds is 3. The van der Waals surface area contributed by atoms with Gasteiger partial charge < -0.3 is 14.7 Å². The Balaban J connectivity index is 1.77. The largest absolute Gasteiger partial charge is 0.389 e. The number of aliphatic hydroxyl groups is 1. The van der Waals surface area contributed by atoms with E-state index in [0.29, 0.717) is 39.2 Å². The summed E-state index contributed by atoms with van der Waals surface area (Å²) in [5, 5.41) is 11.7. The Morgan fingerprint density at radius 1 is 1.26 bits per heavy atom. The van der Waals surface area contributed by atoms with Crippen molar-refractivity contribution in [3.05, 3.63) is 0 Å². The van der Waals surface area contributed by atoms with Gasteiger partial charge in [-0.15, -0.1) is 0 Å². The molecule has 2 aliphatic heterocycles. The lowest BCUT2D eigenvalue weighted by Crippen LogP contribution is -2.69. The van der Waals surface area contributed by atoms with Crippen LogP contribution < -0.4 is 0 Å². The van der Waals surface area contributed by atoms with Crippen LogP contribution in [0.5, 0.6) is 0 Å². The Kier molecular flexibility index (Phi) is 5.81. The van der Waals surface area contributed by atoms with Crippen molar-refractivity contribution in [1.29, 1.82) is 0 Å². The second-order valence-electron chi connectivity index (χ2n) is 8.66. The third kappa shape index (κ3) is 4.12. The van der Waals surface area contributed by atoms with Gasteiger partial charge in [-0.25, -0.2) is 0 Å². The van der Waals surface area contributed by atoms with Crippen LogP contribution in [-0.4, -0.2) is 71.6 Å². The van der Waals surface area contributed by atoms with E-state index in [1.807, 2.05) is 6.92 Å². The zero-order valence-electron chi connectivity index (χ0n) is 16.2. The first-order chi connectivity index (χ1) is 12.6. The molecule has 1 amide bonds. The van der Waals surface area contributed by atoms with Crippen LogP contribution in [0, 0.1) is 11.3 Å². The van der Waals surface area contributed by atoms with E-state index in [4.69, 9.17) is 4.74 Å². The van der Waals surface area contributed by atoms with Crippen molar-refractivity contribution in [2.75, 3.05) is 32.8 Å². The minimum Gasteiger partial charge on any atom is -0.376 e. The fourth-order valence-electron chi connectivity index (χ4n) is 5.32. The van der Waals surface area contributed by atoms with Crippen LogP contribution >= 0.6 is 0 Å². The van der Waals surface area contributed by atoms with Crippen LogP contribution in [0.3, 0.4) is 0 Å². The van der Waals surface area contributed by atoms with Gasteiger partial charge in [-0.2, -0.15) is 13.2 Å². The fourth-order valence-corrected chi connectivity index (χ4v) is 5.32. The van der Waals surface area contributed by atoms with Crippen molar-refractivity contribution in [2.45, 2.75) is 70.4 Å². The summed E-state index contributed by atoms with van der Waals surface area (Å²) in [5.74, 6) is -1.53. The molecule has 1 aliphatic carbocycles. The predicted molar refractivity (Wildman–Crippen MR) is 93.9 cm³/mol. The van der Waals surface area contributed by atoms with Crippen molar-refractivity contribution in [3.63, 3.8) is 0 Å². The zero-order valence-corrected chi connectivity index (χ0v) is 16.2. The Bertz CT molecular complexity index is 551. The smallest absolute Gasteiger partial charge is 0.376 e. The number of ether oxygens (including phenoxy) is 1. The van der Waals surface area contributed by atoms with Crippen molar-refractivity contribution in [1.82, 2.24) is 9.80 Å². The number of amides is 1. The molecule has 2 unspecified atom stereocenters. The highest BCUT2D eigenvalue weighted by Crippen LogP contribution is 2.52. The van der Waals surface area contributed by atoms with Crippen molar-refractivity contribution in [2.24, 2.45) is 11.3 Å². The third-order valence-corrected chi connectivity index (χ3v) is 6.67. The standard InChI is InChI=1S/C19H31F3N2O3/c1-14(11-19(20,21)22)16(25)23-8-7-18(26,17(13-23)5-3-4-6-17)24-9-10-27-15(2)12-24/h14-15,26H,3-13H2,1-2H3/t14-,15?,18?/m1/s1. The maximum Gasteiger partial charge on any atom is 0.389 e. The van der Waals surface area contributed by atoms with Gasteiger partial charge in [0.25, 0.3) is 0 Å². The van der Waals surface area contributed by atoms with Gasteiger partial charge in [0, 0.05) is 43.9 Å². The molecule has 0 aromatic carbocycles. The Labute approximate surface area is 158 Å². The lowest BCUT2D eigenvalue weighted by atomic mass is 9.69. The SMILES string of the molecule is CC1CN(C2(O)CCN(C(=O)[C@H](C)CC(F)(F)F)CC23CCCC3)CCO1. The summed E-state index contributed by atoms with van der Waals surface area (Å²) in [6.45, 7) is 5.81. The van der Waals surface area contributed by atoms with Crippen molar-refractivity contribution >= 4 is 5.91 Å². The Hall–Kier alpha value is -0.860. The molecule has 0 bridgehead atoms. The van der Waals surface area contributed by atoms with Crippen LogP contribution in [0.15, 0.2) is 0 Å². The van der Waals surface area contributed by atoms with E-state index in [2.05, 4.69) is 4.90 Å². The number of hydrogen-bond acceptors (Lipinski definition) is 4. The van der Waals surface area contributed by atoms with E-state index in [1.165, 1.54) is 6.92 Å². The van der Waals surface area contributed by atoms with Gasteiger partial charge in [0.1, 0.15) is 5.72 Å². The van der Waals surface area contributed by atoms with Crippen molar-refractivity contribution < 1.29 is 27.8 Å². The summed E-state index contributed by atoms with van der Waals surface area (Å²) in [5.41, 5.74) is -1.48. The Morgan fingerprint density at radius 3 is 2.52 bits per heavy atom. The number of hydrogen-bond donors (Lipinski definition) is 1. The van der Waals surface area contributed by atoms with E-state index < -0.39 is 35.6 Å². The zero-order chi connectivity index (χ0) is 19.9. The summed E-state index contributed by atoms with van der Waals surface area (Å²) in [4.78, 5) is 16.3. The molecule has 0 radical (unpaired) electrons. The maximum absolute atomic E-state index is 12.7. The molecule has 0 aromatic rings. The van der Waals surface area contributed by atoms with Gasteiger partial charge >= 0.3 is 6.18 Å². The number of carbonyl (C=O) groups is 1. The first kappa shape index (κ1) is 20.9. The van der Waals surface area contributed by atoms with Gasteiger partial charge in [0.15, 0.2) is 0 Å². The molecule has 1 spiro atoms. The normalized spacial score (nSPS) is 33.4. The van der Waals surface area contributed by atoms with E-state index in [9.17, 15) is 23.1 Å². The second-order valence-corrected chi connectivity index (χ2v) is 8.66. The van der Waals surface area contributed by atoms with E-state index >= 15 is 0 Å². The molecule has 1 N–H and O–H groups in total. The predicted octanol–water partition coefficient (Wildman–Crippen LogP) is 2.78. The van der Waals surface area contributed by atoms with E-state index in [-0.39, 0.29) is 6.10 Å². The van der Waals surface area contributed by atoms with Gasteiger partial charge in [-0.05, 0) is 19.8 Å². The third-order valence-electron chi connectivity index (χ3n) is 6.67. The molecule has 8 heteroatoms. The number of alkyl halides is 3. The molecule has 3 atom stereocenters. The highest BCUT2D eigenvalue weighted by Gasteiger charge is 2.58. The van der Waals surface area contributed by atoms with Crippen LogP contribution in [0.2, 0.25) is 0 Å².